The van der Waals surface area contributed by atoms with Gasteiger partial charge in [-0.15, -0.1) is 12.4 Å². The van der Waals surface area contributed by atoms with E-state index in [1.165, 1.54) is 24.3 Å². The molecule has 1 fully saturated rings. The van der Waals surface area contributed by atoms with Crippen LogP contribution in [0.4, 0.5) is 4.39 Å². The summed E-state index contributed by atoms with van der Waals surface area (Å²) in [5, 5.41) is 6.77. The van der Waals surface area contributed by atoms with E-state index in [-0.39, 0.29) is 29.3 Å². The van der Waals surface area contributed by atoms with E-state index in [1.54, 1.807) is 0 Å². The summed E-state index contributed by atoms with van der Waals surface area (Å²) in [6.07, 6.45) is 1.99. The van der Waals surface area contributed by atoms with Gasteiger partial charge in [-0.05, 0) is 49.5 Å². The highest BCUT2D eigenvalue weighted by atomic mass is 35.5. The van der Waals surface area contributed by atoms with E-state index in [9.17, 15) is 14.0 Å². The van der Waals surface area contributed by atoms with E-state index >= 15 is 0 Å². The first-order chi connectivity index (χ1) is 11.0. The summed E-state index contributed by atoms with van der Waals surface area (Å²) in [7, 11) is 0. The fraction of sp³-hybridized carbons (Fsp3) is 0.412. The number of carbonyl (C=O) groups is 1. The number of rotatable bonds is 3. The minimum Gasteiger partial charge on any atom is -0.351 e. The van der Waals surface area contributed by atoms with Crippen LogP contribution in [0.1, 0.15) is 30.1 Å². The summed E-state index contributed by atoms with van der Waals surface area (Å²) >= 11 is 0. The fourth-order valence-electron chi connectivity index (χ4n) is 3.02. The van der Waals surface area contributed by atoms with Gasteiger partial charge in [-0.1, -0.05) is 6.92 Å². The fourth-order valence-corrected chi connectivity index (χ4v) is 3.02. The van der Waals surface area contributed by atoms with Crippen LogP contribution in [0.5, 0.6) is 0 Å². The van der Waals surface area contributed by atoms with Crippen LogP contribution in [0.2, 0.25) is 0 Å². The summed E-state index contributed by atoms with van der Waals surface area (Å²) in [6, 6.07) is 5.29. The highest BCUT2D eigenvalue weighted by molar-refractivity contribution is 6.05. The van der Waals surface area contributed by atoms with Gasteiger partial charge in [0, 0.05) is 18.0 Å². The molecule has 1 aliphatic rings. The van der Waals surface area contributed by atoms with Crippen LogP contribution in [-0.2, 0) is 0 Å². The maximum atomic E-state index is 13.3. The predicted octanol–water partition coefficient (Wildman–Crippen LogP) is 2.21. The van der Waals surface area contributed by atoms with Crippen molar-refractivity contribution in [3.63, 3.8) is 0 Å². The summed E-state index contributed by atoms with van der Waals surface area (Å²) in [4.78, 5) is 26.8. The first-order valence-electron chi connectivity index (χ1n) is 7.78. The highest BCUT2D eigenvalue weighted by Crippen LogP contribution is 2.27. The number of amides is 1. The minimum atomic E-state index is -0.451. The van der Waals surface area contributed by atoms with Gasteiger partial charge in [-0.2, -0.15) is 0 Å². The monoisotopic (exact) mass is 353 g/mol. The Labute approximate surface area is 145 Å². The van der Waals surface area contributed by atoms with Crippen LogP contribution in [0, 0.1) is 11.2 Å². The lowest BCUT2D eigenvalue weighted by Gasteiger charge is -2.34. The topological polar surface area (TPSA) is 74.0 Å². The Morgan fingerprint density at radius 3 is 2.71 bits per heavy atom. The zero-order valence-electron chi connectivity index (χ0n) is 13.4. The van der Waals surface area contributed by atoms with Crippen LogP contribution in [0.15, 0.2) is 29.1 Å². The third-order valence-electron chi connectivity index (χ3n) is 4.54. The third kappa shape index (κ3) is 3.94. The van der Waals surface area contributed by atoms with E-state index in [0.717, 1.165) is 25.9 Å². The molecular formula is C17H21ClFN3O2. The van der Waals surface area contributed by atoms with Gasteiger partial charge >= 0.3 is 0 Å². The number of pyridine rings is 1. The smallest absolute Gasteiger partial charge is 0.252 e. The molecule has 0 unspecified atom stereocenters. The molecule has 1 saturated heterocycles. The van der Waals surface area contributed by atoms with Gasteiger partial charge in [0.05, 0.1) is 11.1 Å². The number of hydrogen-bond donors (Lipinski definition) is 3. The number of aromatic amines is 1. The molecule has 5 nitrogen and oxygen atoms in total. The van der Waals surface area contributed by atoms with Crippen molar-refractivity contribution in [2.75, 3.05) is 19.6 Å². The Morgan fingerprint density at radius 1 is 1.29 bits per heavy atom. The number of piperidine rings is 1. The summed E-state index contributed by atoms with van der Waals surface area (Å²) < 4.78 is 13.3. The SMILES string of the molecule is CC1(CNC(=O)c2cc(=O)[nH]c3cc(F)ccc23)CCNCC1.Cl. The number of nitrogens with one attached hydrogen (secondary N) is 3. The third-order valence-corrected chi connectivity index (χ3v) is 4.54. The maximum absolute atomic E-state index is 13.3. The molecule has 2 aromatic rings. The van der Waals surface area contributed by atoms with Gasteiger partial charge < -0.3 is 15.6 Å². The van der Waals surface area contributed by atoms with Gasteiger partial charge in [-0.25, -0.2) is 4.39 Å². The predicted molar refractivity (Wildman–Crippen MR) is 94.3 cm³/mol. The van der Waals surface area contributed by atoms with E-state index < -0.39 is 11.4 Å². The molecule has 1 aromatic carbocycles. The average molecular weight is 354 g/mol. The Bertz CT molecular complexity index is 800. The van der Waals surface area contributed by atoms with Gasteiger partial charge in [0.2, 0.25) is 5.56 Å². The van der Waals surface area contributed by atoms with Gasteiger partial charge in [-0.3, -0.25) is 9.59 Å². The van der Waals surface area contributed by atoms with Crippen molar-refractivity contribution in [1.82, 2.24) is 15.6 Å². The normalized spacial score (nSPS) is 16.4. The van der Waals surface area contributed by atoms with E-state index in [0.29, 0.717) is 17.4 Å². The summed E-state index contributed by atoms with van der Waals surface area (Å²) in [5.41, 5.74) is 0.252. The molecule has 1 aromatic heterocycles. The molecule has 3 N–H and O–H groups in total. The van der Waals surface area contributed by atoms with Crippen molar-refractivity contribution in [2.45, 2.75) is 19.8 Å². The first kappa shape index (κ1) is 18.4. The van der Waals surface area contributed by atoms with E-state index in [1.807, 2.05) is 0 Å². The van der Waals surface area contributed by atoms with E-state index in [2.05, 4.69) is 22.5 Å². The molecule has 0 atom stereocenters. The molecule has 130 valence electrons. The van der Waals surface area contributed by atoms with Gasteiger partial charge in [0.1, 0.15) is 5.82 Å². The Balaban J connectivity index is 0.00000208. The number of fused-ring (bicyclic) bond motifs is 1. The first-order valence-corrected chi connectivity index (χ1v) is 7.78. The van der Waals surface area contributed by atoms with Crippen molar-refractivity contribution >= 4 is 29.2 Å². The number of halogens is 2. The molecule has 1 aliphatic heterocycles. The average Bonchev–Trinajstić information content (AvgIpc) is 2.52. The van der Waals surface area contributed by atoms with Crippen LogP contribution in [0.3, 0.4) is 0 Å². The lowest BCUT2D eigenvalue weighted by molar-refractivity contribution is 0.0923. The number of aromatic nitrogens is 1. The zero-order chi connectivity index (χ0) is 16.4. The molecule has 0 bridgehead atoms. The Morgan fingerprint density at radius 2 is 2.00 bits per heavy atom. The molecule has 0 aliphatic carbocycles. The molecular weight excluding hydrogens is 333 g/mol. The van der Waals surface area contributed by atoms with E-state index in [4.69, 9.17) is 0 Å². The van der Waals surface area contributed by atoms with Crippen molar-refractivity contribution in [1.29, 1.82) is 0 Å². The molecule has 1 amide bonds. The standard InChI is InChI=1S/C17H20FN3O2.ClH/c1-17(4-6-19-7-5-17)10-20-16(23)13-9-15(22)21-14-8-11(18)2-3-12(13)14;/h2-3,8-9,19H,4-7,10H2,1H3,(H,20,23)(H,21,22);1H. The van der Waals surface area contributed by atoms with Crippen LogP contribution in [-0.4, -0.2) is 30.5 Å². The number of benzene rings is 1. The lowest BCUT2D eigenvalue weighted by Crippen LogP contribution is -2.43. The second-order valence-corrected chi connectivity index (χ2v) is 6.48. The summed E-state index contributed by atoms with van der Waals surface area (Å²) in [5.74, 6) is -0.750. The minimum absolute atomic E-state index is 0. The Kier molecular flexibility index (Phi) is 5.62. The van der Waals surface area contributed by atoms with Crippen molar-refractivity contribution in [2.24, 2.45) is 5.41 Å². The highest BCUT2D eigenvalue weighted by Gasteiger charge is 2.27. The van der Waals surface area contributed by atoms with Gasteiger partial charge in [0.25, 0.3) is 5.91 Å². The molecule has 3 rings (SSSR count). The number of hydrogen-bond acceptors (Lipinski definition) is 3. The molecule has 2 heterocycles. The second kappa shape index (κ2) is 7.32. The largest absolute Gasteiger partial charge is 0.351 e. The zero-order valence-corrected chi connectivity index (χ0v) is 14.3. The second-order valence-electron chi connectivity index (χ2n) is 6.48. The number of carbonyl (C=O) groups excluding carboxylic acids is 1. The van der Waals surface area contributed by atoms with Crippen molar-refractivity contribution < 1.29 is 9.18 Å². The molecule has 0 radical (unpaired) electrons. The molecule has 0 saturated carbocycles. The molecule has 7 heteroatoms. The van der Waals surface area contributed by atoms with Crippen molar-refractivity contribution in [3.05, 3.63) is 46.0 Å². The maximum Gasteiger partial charge on any atom is 0.252 e. The lowest BCUT2D eigenvalue weighted by atomic mass is 9.81. The summed E-state index contributed by atoms with van der Waals surface area (Å²) in [6.45, 7) is 4.60. The van der Waals surface area contributed by atoms with Gasteiger partial charge in [0.15, 0.2) is 0 Å². The quantitative estimate of drug-likeness (QED) is 0.792. The Hall–Kier alpha value is -1.92. The molecule has 24 heavy (non-hydrogen) atoms. The van der Waals surface area contributed by atoms with Crippen molar-refractivity contribution in [3.8, 4) is 0 Å². The van der Waals surface area contributed by atoms with Crippen LogP contribution < -0.4 is 16.2 Å². The number of H-pyrrole nitrogens is 1. The molecule has 0 spiro atoms. The van der Waals surface area contributed by atoms with Crippen LogP contribution >= 0.6 is 12.4 Å². The van der Waals surface area contributed by atoms with Crippen LogP contribution in [0.25, 0.3) is 10.9 Å².